The Balaban J connectivity index is 1.07. The number of nitrogens with zero attached hydrogens (tertiary/aromatic N) is 4. The molecule has 0 spiro atoms. The Hall–Kier alpha value is -7.37. The molecule has 0 amide bonds. The van der Waals surface area contributed by atoms with E-state index in [9.17, 15) is 0 Å². The summed E-state index contributed by atoms with van der Waals surface area (Å²) in [5.41, 5.74) is 15.0. The molecule has 0 atom stereocenters. The van der Waals surface area contributed by atoms with Crippen LogP contribution in [-0.4, -0.2) is 16.2 Å². The Morgan fingerprint density at radius 2 is 0.959 bits per heavy atom. The van der Waals surface area contributed by atoms with Crippen molar-refractivity contribution in [1.29, 1.82) is 0 Å². The van der Waals surface area contributed by atoms with Crippen molar-refractivity contribution in [1.82, 2.24) is 9.55 Å². The molecule has 5 nitrogen and oxygen atoms in total. The van der Waals surface area contributed by atoms with E-state index in [4.69, 9.17) is 9.72 Å². The van der Waals surface area contributed by atoms with Crippen LogP contribution in [0.3, 0.4) is 0 Å². The van der Waals surface area contributed by atoms with Crippen LogP contribution in [0.1, 0.15) is 118 Å². The van der Waals surface area contributed by atoms with Crippen molar-refractivity contribution in [3.05, 3.63) is 227 Å². The largest absolute Gasteiger partial charge is 0.457 e. The number of hydrogen-bond acceptors (Lipinski definition) is 4. The summed E-state index contributed by atoms with van der Waals surface area (Å²) < 4.78 is 9.32. The van der Waals surface area contributed by atoms with Gasteiger partial charge in [0.15, 0.2) is 0 Å². The average Bonchev–Trinajstić information content (AvgIpc) is 3.95. The molecular formula is C68H72N4O. The number of hydrogen-bond donors (Lipinski definition) is 0. The lowest BCUT2D eigenvalue weighted by atomic mass is 9.78. The zero-order valence-electron chi connectivity index (χ0n) is 45.3. The van der Waals surface area contributed by atoms with Crippen LogP contribution in [-0.2, 0) is 16.2 Å². The molecule has 0 aliphatic carbocycles. The normalized spacial score (nSPS) is 13.9. The smallest absolute Gasteiger partial charge is 0.137 e. The molecule has 3 heterocycles. The minimum absolute atomic E-state index is 0.0392. The maximum absolute atomic E-state index is 7.00. The summed E-state index contributed by atoms with van der Waals surface area (Å²) in [6.07, 6.45) is 1.96. The van der Waals surface area contributed by atoms with Crippen molar-refractivity contribution in [3.63, 3.8) is 0 Å². The molecule has 9 aromatic rings. The lowest BCUT2D eigenvalue weighted by molar-refractivity contribution is 0.444. The number of anilines is 2. The quantitative estimate of drug-likeness (QED) is 0.137. The molecule has 0 bridgehead atoms. The van der Waals surface area contributed by atoms with Crippen LogP contribution in [0.25, 0.3) is 38.8 Å². The van der Waals surface area contributed by atoms with E-state index in [1.165, 1.54) is 61.4 Å². The van der Waals surface area contributed by atoms with E-state index < -0.39 is 0 Å². The molecule has 0 radical (unpaired) electrons. The third-order valence-electron chi connectivity index (χ3n) is 15.2. The molecule has 73 heavy (non-hydrogen) atoms. The lowest BCUT2D eigenvalue weighted by Gasteiger charge is -2.34. The van der Waals surface area contributed by atoms with Gasteiger partial charge in [0, 0.05) is 73.5 Å². The molecule has 370 valence electrons. The topological polar surface area (TPSA) is 33.5 Å². The minimum atomic E-state index is -0.243. The predicted molar refractivity (Wildman–Crippen MR) is 309 cm³/mol. The van der Waals surface area contributed by atoms with E-state index >= 15 is 0 Å². The first-order chi connectivity index (χ1) is 34.6. The molecule has 5 heteroatoms. The van der Waals surface area contributed by atoms with Crippen LogP contribution in [0, 0.1) is 10.8 Å². The lowest BCUT2D eigenvalue weighted by Crippen LogP contribution is -2.31. The van der Waals surface area contributed by atoms with Crippen molar-refractivity contribution in [2.75, 3.05) is 16.5 Å². The Morgan fingerprint density at radius 1 is 0.384 bits per heavy atom. The standard InChI is InChI=1S/C68H72N4O/c1-64(2,3)52-38-47(46-24-17-14-18-25-46)39-54(40-52)71-45-70(62(65(4,5)6)63(71)66(7,8)9)53-30-23-31-55(43-53)73-56-33-34-57-58-41-50(67(10,11)48-26-19-15-20-27-48)32-35-59(58)72(60(57)44-56)61-42-51(36-37-69-61)68(12,13)49-28-21-16-22-29-49/h14-44H,45H2,1-13H3. The van der Waals surface area contributed by atoms with Crippen molar-refractivity contribution < 1.29 is 4.74 Å². The molecule has 7 aromatic carbocycles. The van der Waals surface area contributed by atoms with E-state index in [-0.39, 0.29) is 27.1 Å². The van der Waals surface area contributed by atoms with E-state index in [1.807, 2.05) is 6.20 Å². The fourth-order valence-electron chi connectivity index (χ4n) is 11.0. The first-order valence-corrected chi connectivity index (χ1v) is 26.0. The van der Waals surface area contributed by atoms with Gasteiger partial charge < -0.3 is 14.5 Å². The summed E-state index contributed by atoms with van der Waals surface area (Å²) in [5.74, 6) is 2.41. The molecule has 1 aliphatic rings. The van der Waals surface area contributed by atoms with Crippen LogP contribution in [0.4, 0.5) is 11.4 Å². The van der Waals surface area contributed by atoms with E-state index in [0.29, 0.717) is 6.67 Å². The zero-order valence-corrected chi connectivity index (χ0v) is 45.3. The van der Waals surface area contributed by atoms with Crippen LogP contribution in [0.5, 0.6) is 11.5 Å². The third-order valence-corrected chi connectivity index (χ3v) is 15.2. The van der Waals surface area contributed by atoms with E-state index in [2.05, 4.69) is 286 Å². The fraction of sp³-hybridized carbons (Fsp3) is 0.279. The van der Waals surface area contributed by atoms with Crippen molar-refractivity contribution in [2.45, 2.75) is 106 Å². The fourth-order valence-corrected chi connectivity index (χ4v) is 11.0. The summed E-state index contributed by atoms with van der Waals surface area (Å²) in [4.78, 5) is 10.2. The summed E-state index contributed by atoms with van der Waals surface area (Å²) in [6.45, 7) is 30.9. The van der Waals surface area contributed by atoms with Crippen molar-refractivity contribution >= 4 is 33.2 Å². The number of rotatable bonds is 10. The van der Waals surface area contributed by atoms with E-state index in [1.54, 1.807) is 0 Å². The van der Waals surface area contributed by atoms with Gasteiger partial charge in [0.25, 0.3) is 0 Å². The highest BCUT2D eigenvalue weighted by Crippen LogP contribution is 2.49. The first kappa shape index (κ1) is 49.2. The molecule has 0 N–H and O–H groups in total. The molecule has 0 fully saturated rings. The van der Waals surface area contributed by atoms with Crippen LogP contribution >= 0.6 is 0 Å². The number of ether oxygens (including phenoxy) is 1. The Labute approximate surface area is 434 Å². The molecule has 0 saturated carbocycles. The van der Waals surface area contributed by atoms with Gasteiger partial charge in [-0.25, -0.2) is 4.98 Å². The molecule has 1 aliphatic heterocycles. The summed E-state index contributed by atoms with van der Waals surface area (Å²) in [5, 5.41) is 2.33. The highest BCUT2D eigenvalue weighted by Gasteiger charge is 2.42. The number of aromatic nitrogens is 2. The van der Waals surface area contributed by atoms with Crippen LogP contribution in [0.2, 0.25) is 0 Å². The summed E-state index contributed by atoms with van der Waals surface area (Å²) in [7, 11) is 0. The molecule has 0 saturated heterocycles. The number of pyridine rings is 1. The zero-order chi connectivity index (χ0) is 51.7. The molecule has 0 unspecified atom stereocenters. The molecule has 10 rings (SSSR count). The van der Waals surface area contributed by atoms with Crippen molar-refractivity contribution in [2.24, 2.45) is 10.8 Å². The van der Waals surface area contributed by atoms with Gasteiger partial charge in [-0.05, 0) is 105 Å². The van der Waals surface area contributed by atoms with Gasteiger partial charge in [-0.3, -0.25) is 4.57 Å². The van der Waals surface area contributed by atoms with Crippen LogP contribution < -0.4 is 14.5 Å². The van der Waals surface area contributed by atoms with Crippen molar-refractivity contribution in [3.8, 4) is 28.4 Å². The number of fused-ring (bicyclic) bond motifs is 3. The Bertz CT molecular complexity index is 3510. The maximum atomic E-state index is 7.00. The predicted octanol–water partition coefficient (Wildman–Crippen LogP) is 18.2. The van der Waals surface area contributed by atoms with Gasteiger partial charge in [-0.2, -0.15) is 0 Å². The van der Waals surface area contributed by atoms with Gasteiger partial charge in [-0.15, -0.1) is 0 Å². The third kappa shape index (κ3) is 9.35. The van der Waals surface area contributed by atoms with Gasteiger partial charge >= 0.3 is 0 Å². The average molecular weight is 961 g/mol. The second-order valence-corrected chi connectivity index (χ2v) is 24.3. The number of allylic oxidation sites excluding steroid dienone is 2. The molecule has 2 aromatic heterocycles. The second kappa shape index (κ2) is 18.3. The van der Waals surface area contributed by atoms with Gasteiger partial charge in [0.05, 0.1) is 17.7 Å². The van der Waals surface area contributed by atoms with Crippen LogP contribution in [0.15, 0.2) is 200 Å². The van der Waals surface area contributed by atoms with Gasteiger partial charge in [0.1, 0.15) is 17.3 Å². The number of benzene rings is 7. The second-order valence-electron chi connectivity index (χ2n) is 24.3. The molecular weight excluding hydrogens is 889 g/mol. The minimum Gasteiger partial charge on any atom is -0.457 e. The van der Waals surface area contributed by atoms with Gasteiger partial charge in [-0.1, -0.05) is 199 Å². The van der Waals surface area contributed by atoms with Gasteiger partial charge in [0.2, 0.25) is 0 Å². The highest BCUT2D eigenvalue weighted by molar-refractivity contribution is 6.10. The highest BCUT2D eigenvalue weighted by atomic mass is 16.5. The maximum Gasteiger partial charge on any atom is 0.137 e. The summed E-state index contributed by atoms with van der Waals surface area (Å²) >= 11 is 0. The Kier molecular flexibility index (Phi) is 12.3. The monoisotopic (exact) mass is 961 g/mol. The van der Waals surface area contributed by atoms with E-state index in [0.717, 1.165) is 39.4 Å². The Morgan fingerprint density at radius 3 is 1.56 bits per heavy atom. The SMILES string of the molecule is CC(C)(C)C1=C(C(C)(C)C)N(c2cc(-c3ccccc3)cc(C(C)(C)C)c2)CN1c1cccc(Oc2ccc3c4cc(C(C)(C)c5ccccc5)ccc4n(-c4cc(C(C)(C)c5ccccc5)ccn4)c3c2)c1. The first-order valence-electron chi connectivity index (χ1n) is 26.0. The summed E-state index contributed by atoms with van der Waals surface area (Å²) in [6, 6.07) is 66.1.